The van der Waals surface area contributed by atoms with E-state index in [0.717, 1.165) is 59.2 Å². The van der Waals surface area contributed by atoms with Crippen molar-refractivity contribution in [2.75, 3.05) is 36.5 Å². The first-order valence-electron chi connectivity index (χ1n) is 9.69. The molecule has 6 heteroatoms. The fraction of sp³-hybridized carbons (Fsp3) is 0.364. The molecule has 0 aliphatic carbocycles. The molecule has 0 bridgehead atoms. The normalized spacial score (nSPS) is 16.4. The molecule has 2 aromatic carbocycles. The van der Waals surface area contributed by atoms with Crippen LogP contribution in [0.5, 0.6) is 0 Å². The number of rotatable bonds is 5. The van der Waals surface area contributed by atoms with Gasteiger partial charge in [0.05, 0.1) is 5.52 Å². The molecule has 28 heavy (non-hydrogen) atoms. The Hall–Kier alpha value is -2.31. The van der Waals surface area contributed by atoms with E-state index in [0.29, 0.717) is 0 Å². The summed E-state index contributed by atoms with van der Waals surface area (Å²) >= 11 is 0. The van der Waals surface area contributed by atoms with Crippen molar-refractivity contribution in [3.63, 3.8) is 0 Å². The number of anilines is 1. The van der Waals surface area contributed by atoms with Gasteiger partial charge in [-0.3, -0.25) is 9.11 Å². The van der Waals surface area contributed by atoms with E-state index >= 15 is 0 Å². The molecule has 1 saturated heterocycles. The number of nitrogens with zero attached hydrogens (tertiary/aromatic N) is 3. The van der Waals surface area contributed by atoms with Gasteiger partial charge in [0.1, 0.15) is 5.82 Å². The van der Waals surface area contributed by atoms with E-state index in [1.165, 1.54) is 0 Å². The number of hydrogen-bond acceptors (Lipinski definition) is 5. The van der Waals surface area contributed by atoms with E-state index in [9.17, 15) is 4.21 Å². The first-order chi connectivity index (χ1) is 13.5. The summed E-state index contributed by atoms with van der Waals surface area (Å²) in [5.41, 5.74) is 1.89. The van der Waals surface area contributed by atoms with Crippen molar-refractivity contribution < 1.29 is 4.21 Å². The zero-order chi connectivity index (χ0) is 19.6. The monoisotopic (exact) mass is 394 g/mol. The molecule has 1 aliphatic rings. The van der Waals surface area contributed by atoms with Gasteiger partial charge in [-0.2, -0.15) is 0 Å². The molecule has 0 radical (unpaired) electrons. The van der Waals surface area contributed by atoms with Gasteiger partial charge in [-0.15, -0.1) is 0 Å². The molecule has 0 saturated carbocycles. The highest BCUT2D eigenvalue weighted by Gasteiger charge is 2.29. The molecular weight excluding hydrogens is 368 g/mol. The molecule has 0 amide bonds. The van der Waals surface area contributed by atoms with Crippen LogP contribution in [0.15, 0.2) is 54.6 Å². The molecule has 0 spiro atoms. The summed E-state index contributed by atoms with van der Waals surface area (Å²) in [4.78, 5) is 12.0. The quantitative estimate of drug-likeness (QED) is 0.717. The third-order valence-corrected chi connectivity index (χ3v) is 6.63. The van der Waals surface area contributed by atoms with Crippen molar-refractivity contribution in [2.45, 2.75) is 19.4 Å². The summed E-state index contributed by atoms with van der Waals surface area (Å²) in [7, 11) is -0.661. The largest absolute Gasteiger partial charge is 0.368 e. The number of para-hydroxylation sites is 1. The second-order valence-corrected chi connectivity index (χ2v) is 9.48. The molecule has 3 aromatic rings. The molecule has 2 heterocycles. The molecular formula is C22H26N4OS. The van der Waals surface area contributed by atoms with Crippen molar-refractivity contribution in [2.24, 2.45) is 0 Å². The second kappa shape index (κ2) is 7.97. The van der Waals surface area contributed by atoms with Gasteiger partial charge in [-0.05, 0) is 26.0 Å². The first-order valence-corrected chi connectivity index (χ1v) is 11.2. The topological polar surface area (TPSA) is 58.1 Å². The van der Waals surface area contributed by atoms with Crippen LogP contribution in [0.1, 0.15) is 13.8 Å². The van der Waals surface area contributed by atoms with Crippen LogP contribution in [-0.2, 0) is 10.8 Å². The fourth-order valence-electron chi connectivity index (χ4n) is 3.58. The van der Waals surface area contributed by atoms with Crippen molar-refractivity contribution in [1.29, 1.82) is 0 Å². The summed E-state index contributed by atoms with van der Waals surface area (Å²) in [5.74, 6) is 3.11. The molecule has 1 N–H and O–H groups in total. The van der Waals surface area contributed by atoms with Gasteiger partial charge in [0.25, 0.3) is 0 Å². The third kappa shape index (κ3) is 4.08. The maximum absolute atomic E-state index is 11.7. The van der Waals surface area contributed by atoms with Crippen molar-refractivity contribution >= 4 is 27.5 Å². The second-order valence-electron chi connectivity index (χ2n) is 7.78. The van der Waals surface area contributed by atoms with E-state index in [2.05, 4.69) is 30.1 Å². The van der Waals surface area contributed by atoms with E-state index in [1.807, 2.05) is 48.5 Å². The van der Waals surface area contributed by atoms with Crippen LogP contribution in [0.25, 0.3) is 22.3 Å². The maximum Gasteiger partial charge on any atom is 0.162 e. The maximum atomic E-state index is 11.7. The lowest BCUT2D eigenvalue weighted by atomic mass is 10.0. The zero-order valence-electron chi connectivity index (χ0n) is 16.4. The minimum atomic E-state index is -0.661. The summed E-state index contributed by atoms with van der Waals surface area (Å²) in [5, 5.41) is 4.60. The van der Waals surface area contributed by atoms with Crippen LogP contribution in [0.2, 0.25) is 0 Å². The van der Waals surface area contributed by atoms with Gasteiger partial charge in [0.2, 0.25) is 0 Å². The number of hydrogen-bond donors (Lipinski definition) is 1. The summed E-state index contributed by atoms with van der Waals surface area (Å²) in [6.45, 7) is 6.97. The summed E-state index contributed by atoms with van der Waals surface area (Å²) in [6.07, 6.45) is 0. The third-order valence-electron chi connectivity index (χ3n) is 5.36. The minimum absolute atomic E-state index is 0.0520. The van der Waals surface area contributed by atoms with Crippen molar-refractivity contribution in [1.82, 2.24) is 14.9 Å². The molecule has 1 aromatic heterocycles. The predicted molar refractivity (Wildman–Crippen MR) is 117 cm³/mol. The molecule has 0 atom stereocenters. The van der Waals surface area contributed by atoms with Crippen LogP contribution in [0.4, 0.5) is 5.82 Å². The highest BCUT2D eigenvalue weighted by atomic mass is 32.2. The van der Waals surface area contributed by atoms with Crippen LogP contribution < -0.4 is 5.32 Å². The standard InChI is InChI=1S/C22H26N4OS/c1-22(2,26-12-14-28(27)15-13-26)16-23-21-18-10-6-7-11-19(18)24-20(25-21)17-8-4-3-5-9-17/h3-11H,12-16H2,1-2H3,(H,23,24,25). The molecule has 1 fully saturated rings. The number of nitrogens with one attached hydrogen (secondary N) is 1. The predicted octanol–water partition coefficient (Wildman–Crippen LogP) is 3.55. The first kappa shape index (κ1) is 19.0. The lowest BCUT2D eigenvalue weighted by molar-refractivity contribution is 0.145. The van der Waals surface area contributed by atoms with Crippen LogP contribution >= 0.6 is 0 Å². The Morgan fingerprint density at radius 3 is 2.43 bits per heavy atom. The Balaban J connectivity index is 1.61. The average Bonchev–Trinajstić information content (AvgIpc) is 2.73. The van der Waals surface area contributed by atoms with Crippen molar-refractivity contribution in [3.05, 3.63) is 54.6 Å². The molecule has 1 aliphatic heterocycles. The lowest BCUT2D eigenvalue weighted by Crippen LogP contribution is -2.53. The molecule has 4 rings (SSSR count). The summed E-state index contributed by atoms with van der Waals surface area (Å²) < 4.78 is 11.7. The fourth-order valence-corrected chi connectivity index (χ4v) is 4.63. The highest BCUT2D eigenvalue weighted by Crippen LogP contribution is 2.26. The van der Waals surface area contributed by atoms with Gasteiger partial charge < -0.3 is 5.32 Å². The Morgan fingerprint density at radius 2 is 1.68 bits per heavy atom. The molecule has 0 unspecified atom stereocenters. The Bertz CT molecular complexity index is 980. The van der Waals surface area contributed by atoms with Gasteiger partial charge in [0, 0.05) is 58.4 Å². The van der Waals surface area contributed by atoms with E-state index < -0.39 is 10.8 Å². The van der Waals surface area contributed by atoms with Gasteiger partial charge in [0.15, 0.2) is 5.82 Å². The smallest absolute Gasteiger partial charge is 0.162 e. The van der Waals surface area contributed by atoms with Crippen LogP contribution in [-0.4, -0.2) is 55.8 Å². The Labute approximate surface area is 168 Å². The lowest BCUT2D eigenvalue weighted by Gasteiger charge is -2.40. The Kier molecular flexibility index (Phi) is 5.42. The van der Waals surface area contributed by atoms with Gasteiger partial charge in [-0.25, -0.2) is 9.97 Å². The van der Waals surface area contributed by atoms with E-state index in [4.69, 9.17) is 9.97 Å². The minimum Gasteiger partial charge on any atom is -0.368 e. The summed E-state index contributed by atoms with van der Waals surface area (Å²) in [6, 6.07) is 18.2. The Morgan fingerprint density at radius 1 is 1.00 bits per heavy atom. The van der Waals surface area contributed by atoms with Crippen LogP contribution in [0.3, 0.4) is 0 Å². The molecule has 146 valence electrons. The van der Waals surface area contributed by atoms with E-state index in [-0.39, 0.29) is 5.54 Å². The van der Waals surface area contributed by atoms with Crippen molar-refractivity contribution in [3.8, 4) is 11.4 Å². The molecule has 5 nitrogen and oxygen atoms in total. The van der Waals surface area contributed by atoms with Gasteiger partial charge in [-0.1, -0.05) is 42.5 Å². The number of aromatic nitrogens is 2. The SMILES string of the molecule is CC(C)(CNc1nc(-c2ccccc2)nc2ccccc12)N1CCS(=O)CC1. The number of fused-ring (bicyclic) bond motifs is 1. The number of benzene rings is 2. The zero-order valence-corrected chi connectivity index (χ0v) is 17.2. The van der Waals surface area contributed by atoms with Gasteiger partial charge >= 0.3 is 0 Å². The van der Waals surface area contributed by atoms with E-state index in [1.54, 1.807) is 0 Å². The average molecular weight is 395 g/mol. The highest BCUT2D eigenvalue weighted by molar-refractivity contribution is 7.85. The van der Waals surface area contributed by atoms with Crippen LogP contribution in [0, 0.1) is 0 Å².